The number of amides is 1. The second-order valence-corrected chi connectivity index (χ2v) is 5.22. The van der Waals surface area contributed by atoms with Crippen LogP contribution in [0.1, 0.15) is 5.56 Å². The number of halogens is 1. The summed E-state index contributed by atoms with van der Waals surface area (Å²) >= 11 is 5.92. The smallest absolute Gasteiger partial charge is 0.239 e. The fraction of sp³-hybridized carbons (Fsp3) is 0.235. The Kier molecular flexibility index (Phi) is 6.10. The van der Waals surface area contributed by atoms with Crippen LogP contribution < -0.4 is 15.4 Å². The number of anilines is 1. The number of hydrogen-bond acceptors (Lipinski definition) is 3. The molecule has 4 nitrogen and oxygen atoms in total. The maximum atomic E-state index is 11.8. The maximum absolute atomic E-state index is 11.8. The summed E-state index contributed by atoms with van der Waals surface area (Å²) in [6, 6.07) is 15.1. The van der Waals surface area contributed by atoms with E-state index in [-0.39, 0.29) is 12.5 Å². The Morgan fingerprint density at radius 2 is 2.00 bits per heavy atom. The average molecular weight is 319 g/mol. The number of hydrogen-bond donors (Lipinski definition) is 2. The van der Waals surface area contributed by atoms with E-state index < -0.39 is 0 Å². The summed E-state index contributed by atoms with van der Waals surface area (Å²) in [7, 11) is 1.60. The summed E-state index contributed by atoms with van der Waals surface area (Å²) in [5.41, 5.74) is 1.90. The van der Waals surface area contributed by atoms with E-state index in [1.54, 1.807) is 7.11 Å². The van der Waals surface area contributed by atoms with Crippen molar-refractivity contribution in [2.45, 2.75) is 6.42 Å². The molecule has 116 valence electrons. The van der Waals surface area contributed by atoms with Gasteiger partial charge in [0.1, 0.15) is 5.75 Å². The molecule has 0 saturated heterocycles. The quantitative estimate of drug-likeness (QED) is 0.824. The van der Waals surface area contributed by atoms with Gasteiger partial charge in [-0.05, 0) is 36.2 Å². The van der Waals surface area contributed by atoms with E-state index in [0.717, 1.165) is 17.7 Å². The number of rotatable bonds is 7. The minimum Gasteiger partial charge on any atom is -0.495 e. The topological polar surface area (TPSA) is 50.4 Å². The molecule has 0 bridgehead atoms. The molecule has 2 aromatic carbocycles. The molecule has 0 saturated carbocycles. The van der Waals surface area contributed by atoms with Crippen LogP contribution in [0.3, 0.4) is 0 Å². The molecule has 2 rings (SSSR count). The number of carbonyl (C=O) groups excluding carboxylic acids is 1. The largest absolute Gasteiger partial charge is 0.495 e. The molecule has 22 heavy (non-hydrogen) atoms. The number of para-hydroxylation sites is 2. The van der Waals surface area contributed by atoms with Crippen LogP contribution in [0.5, 0.6) is 5.75 Å². The molecule has 5 heteroatoms. The van der Waals surface area contributed by atoms with Gasteiger partial charge in [-0.25, -0.2) is 0 Å². The zero-order valence-corrected chi connectivity index (χ0v) is 13.2. The second kappa shape index (κ2) is 8.29. The van der Waals surface area contributed by atoms with Gasteiger partial charge in [-0.1, -0.05) is 35.9 Å². The lowest BCUT2D eigenvalue weighted by Gasteiger charge is -2.11. The first-order valence-electron chi connectivity index (χ1n) is 7.07. The maximum Gasteiger partial charge on any atom is 0.239 e. The predicted octanol–water partition coefficient (Wildman–Crippen LogP) is 3.12. The SMILES string of the molecule is COc1ccccc1NCC(=O)NCCc1cccc(Cl)c1. The summed E-state index contributed by atoms with van der Waals surface area (Å²) in [4.78, 5) is 11.8. The molecule has 2 aromatic rings. The molecular weight excluding hydrogens is 300 g/mol. The van der Waals surface area contributed by atoms with Crippen molar-refractivity contribution < 1.29 is 9.53 Å². The zero-order chi connectivity index (χ0) is 15.8. The summed E-state index contributed by atoms with van der Waals surface area (Å²) < 4.78 is 5.22. The molecule has 0 aliphatic carbocycles. The third-order valence-electron chi connectivity index (χ3n) is 3.17. The highest BCUT2D eigenvalue weighted by Crippen LogP contribution is 2.22. The van der Waals surface area contributed by atoms with E-state index in [2.05, 4.69) is 10.6 Å². The van der Waals surface area contributed by atoms with Crippen LogP contribution in [0.4, 0.5) is 5.69 Å². The summed E-state index contributed by atoms with van der Waals surface area (Å²) in [5.74, 6) is 0.655. The lowest BCUT2D eigenvalue weighted by molar-refractivity contribution is -0.119. The van der Waals surface area contributed by atoms with Gasteiger partial charge in [0.2, 0.25) is 5.91 Å². The van der Waals surface area contributed by atoms with Crippen LogP contribution in [-0.2, 0) is 11.2 Å². The van der Waals surface area contributed by atoms with Crippen LogP contribution in [0, 0.1) is 0 Å². The molecule has 0 radical (unpaired) electrons. The predicted molar refractivity (Wildman–Crippen MR) is 89.6 cm³/mol. The number of ether oxygens (including phenoxy) is 1. The summed E-state index contributed by atoms with van der Waals surface area (Å²) in [6.07, 6.45) is 0.751. The van der Waals surface area contributed by atoms with Crippen molar-refractivity contribution in [2.24, 2.45) is 0 Å². The number of methoxy groups -OCH3 is 1. The van der Waals surface area contributed by atoms with Crippen molar-refractivity contribution in [1.82, 2.24) is 5.32 Å². The van der Waals surface area contributed by atoms with Crippen molar-refractivity contribution in [2.75, 3.05) is 25.5 Å². The lowest BCUT2D eigenvalue weighted by Crippen LogP contribution is -2.31. The van der Waals surface area contributed by atoms with Gasteiger partial charge in [0, 0.05) is 11.6 Å². The van der Waals surface area contributed by atoms with Gasteiger partial charge in [0.15, 0.2) is 0 Å². The van der Waals surface area contributed by atoms with Gasteiger partial charge < -0.3 is 15.4 Å². The van der Waals surface area contributed by atoms with Crippen molar-refractivity contribution in [3.05, 3.63) is 59.1 Å². The molecule has 2 N–H and O–H groups in total. The van der Waals surface area contributed by atoms with E-state index >= 15 is 0 Å². The molecule has 0 aliphatic heterocycles. The van der Waals surface area contributed by atoms with Gasteiger partial charge in [-0.2, -0.15) is 0 Å². The van der Waals surface area contributed by atoms with Gasteiger partial charge in [-0.3, -0.25) is 4.79 Å². The van der Waals surface area contributed by atoms with Crippen LogP contribution in [0.2, 0.25) is 5.02 Å². The average Bonchev–Trinajstić information content (AvgIpc) is 2.53. The monoisotopic (exact) mass is 318 g/mol. The highest BCUT2D eigenvalue weighted by atomic mass is 35.5. The van der Waals surface area contributed by atoms with Crippen molar-refractivity contribution in [3.63, 3.8) is 0 Å². The van der Waals surface area contributed by atoms with Crippen LogP contribution in [0.15, 0.2) is 48.5 Å². The van der Waals surface area contributed by atoms with Crippen molar-refractivity contribution >= 4 is 23.2 Å². The van der Waals surface area contributed by atoms with E-state index in [0.29, 0.717) is 17.3 Å². The van der Waals surface area contributed by atoms with Gasteiger partial charge in [-0.15, -0.1) is 0 Å². The number of nitrogens with one attached hydrogen (secondary N) is 2. The number of benzene rings is 2. The van der Waals surface area contributed by atoms with Gasteiger partial charge in [0.05, 0.1) is 19.3 Å². The molecule has 0 heterocycles. The Bertz CT molecular complexity index is 632. The third kappa shape index (κ3) is 4.97. The molecule has 0 aromatic heterocycles. The Morgan fingerprint density at radius 3 is 2.77 bits per heavy atom. The van der Waals surface area contributed by atoms with Crippen molar-refractivity contribution in [1.29, 1.82) is 0 Å². The van der Waals surface area contributed by atoms with Crippen LogP contribution in [0.25, 0.3) is 0 Å². The Balaban J connectivity index is 1.74. The third-order valence-corrected chi connectivity index (χ3v) is 3.41. The fourth-order valence-electron chi connectivity index (χ4n) is 2.07. The number of carbonyl (C=O) groups is 1. The minimum atomic E-state index is -0.0621. The van der Waals surface area contributed by atoms with Gasteiger partial charge in [0.25, 0.3) is 0 Å². The zero-order valence-electron chi connectivity index (χ0n) is 12.4. The van der Waals surface area contributed by atoms with E-state index in [9.17, 15) is 4.79 Å². The van der Waals surface area contributed by atoms with Crippen LogP contribution in [-0.4, -0.2) is 26.1 Å². The first kappa shape index (κ1) is 16.2. The summed E-state index contributed by atoms with van der Waals surface area (Å²) in [6.45, 7) is 0.780. The lowest BCUT2D eigenvalue weighted by atomic mass is 10.1. The van der Waals surface area contributed by atoms with Crippen LogP contribution >= 0.6 is 11.6 Å². The molecule has 0 aliphatic rings. The second-order valence-electron chi connectivity index (χ2n) is 4.78. The van der Waals surface area contributed by atoms with Crippen molar-refractivity contribution in [3.8, 4) is 5.75 Å². The van der Waals surface area contributed by atoms with Gasteiger partial charge >= 0.3 is 0 Å². The first-order chi connectivity index (χ1) is 10.7. The highest BCUT2D eigenvalue weighted by Gasteiger charge is 2.04. The van der Waals surface area contributed by atoms with E-state index in [1.165, 1.54) is 0 Å². The molecular formula is C17H19ClN2O2. The minimum absolute atomic E-state index is 0.0621. The fourth-order valence-corrected chi connectivity index (χ4v) is 2.28. The molecule has 0 spiro atoms. The first-order valence-corrected chi connectivity index (χ1v) is 7.45. The Morgan fingerprint density at radius 1 is 1.18 bits per heavy atom. The highest BCUT2D eigenvalue weighted by molar-refractivity contribution is 6.30. The Hall–Kier alpha value is -2.20. The molecule has 1 amide bonds. The van der Waals surface area contributed by atoms with E-state index in [1.807, 2.05) is 48.5 Å². The summed E-state index contributed by atoms with van der Waals surface area (Å²) in [5, 5.41) is 6.65. The molecule has 0 unspecified atom stereocenters. The molecule has 0 atom stereocenters. The Labute approximate surface area is 135 Å². The van der Waals surface area contributed by atoms with E-state index in [4.69, 9.17) is 16.3 Å². The molecule has 0 fully saturated rings. The normalized spacial score (nSPS) is 10.1. The standard InChI is InChI=1S/C17H19ClN2O2/c1-22-16-8-3-2-7-15(16)20-12-17(21)19-10-9-13-5-4-6-14(18)11-13/h2-8,11,20H,9-10,12H2,1H3,(H,19,21).